The van der Waals surface area contributed by atoms with Crippen LogP contribution < -0.4 is 4.90 Å². The van der Waals surface area contributed by atoms with Crippen molar-refractivity contribution in [2.75, 3.05) is 18.6 Å². The van der Waals surface area contributed by atoms with E-state index in [0.717, 1.165) is 38.9 Å². The SMILES string of the molecule is COC(=O)CN1C(=O)CCc2cc(SCc3sc(-c4ccc(C(F)(F)F)cc4)nc3C)ccc21. The zero-order valence-electron chi connectivity index (χ0n) is 18.4. The van der Waals surface area contributed by atoms with Crippen molar-refractivity contribution in [1.82, 2.24) is 4.98 Å². The number of thioether (sulfide) groups is 1. The number of aryl methyl sites for hydroxylation is 2. The highest BCUT2D eigenvalue weighted by molar-refractivity contribution is 7.98. The molecule has 0 spiro atoms. The monoisotopic (exact) mass is 506 g/mol. The van der Waals surface area contributed by atoms with Crippen LogP contribution in [0.4, 0.5) is 18.9 Å². The van der Waals surface area contributed by atoms with E-state index in [9.17, 15) is 22.8 Å². The van der Waals surface area contributed by atoms with Gasteiger partial charge in [-0.1, -0.05) is 12.1 Å². The maximum Gasteiger partial charge on any atom is 0.416 e. The standard InChI is InChI=1S/C24H21F3N2O3S2/c1-14-20(34-23(28-14)15-3-6-17(7-4-15)24(25,26)27)13-33-18-8-9-19-16(11-18)5-10-21(30)29(19)12-22(31)32-2/h3-4,6-9,11H,5,10,12-13H2,1-2H3. The van der Waals surface area contributed by atoms with Crippen molar-refractivity contribution in [2.24, 2.45) is 0 Å². The molecule has 0 fully saturated rings. The Kier molecular flexibility index (Phi) is 6.99. The topological polar surface area (TPSA) is 59.5 Å². The molecule has 2 aromatic carbocycles. The summed E-state index contributed by atoms with van der Waals surface area (Å²) in [7, 11) is 1.29. The molecule has 0 atom stereocenters. The van der Waals surface area contributed by atoms with Crippen LogP contribution in [0.1, 0.15) is 28.1 Å². The molecule has 0 radical (unpaired) electrons. The first-order chi connectivity index (χ1) is 16.2. The zero-order valence-corrected chi connectivity index (χ0v) is 20.1. The Morgan fingerprint density at radius 1 is 1.18 bits per heavy atom. The van der Waals surface area contributed by atoms with E-state index in [1.54, 1.807) is 11.8 Å². The molecule has 1 aliphatic rings. The van der Waals surface area contributed by atoms with Crippen molar-refractivity contribution >= 4 is 40.7 Å². The van der Waals surface area contributed by atoms with Gasteiger partial charge >= 0.3 is 12.1 Å². The quantitative estimate of drug-likeness (QED) is 0.309. The van der Waals surface area contributed by atoms with E-state index in [-0.39, 0.29) is 12.5 Å². The van der Waals surface area contributed by atoms with Crippen LogP contribution in [0.5, 0.6) is 0 Å². The second kappa shape index (κ2) is 9.79. The average molecular weight is 507 g/mol. The summed E-state index contributed by atoms with van der Waals surface area (Å²) >= 11 is 3.09. The van der Waals surface area contributed by atoms with Crippen molar-refractivity contribution < 1.29 is 27.5 Å². The molecule has 4 rings (SSSR count). The fourth-order valence-electron chi connectivity index (χ4n) is 3.63. The molecule has 1 aromatic heterocycles. The van der Waals surface area contributed by atoms with Crippen molar-refractivity contribution in [1.29, 1.82) is 0 Å². The second-order valence-electron chi connectivity index (χ2n) is 7.74. The van der Waals surface area contributed by atoms with Gasteiger partial charge < -0.3 is 9.64 Å². The molecule has 5 nitrogen and oxygen atoms in total. The minimum Gasteiger partial charge on any atom is -0.468 e. The number of anilines is 1. The molecule has 0 N–H and O–H groups in total. The van der Waals surface area contributed by atoms with Gasteiger partial charge in [0, 0.05) is 33.2 Å². The number of esters is 1. The second-order valence-corrected chi connectivity index (χ2v) is 9.87. The minimum atomic E-state index is -4.36. The number of carbonyl (C=O) groups is 2. The summed E-state index contributed by atoms with van der Waals surface area (Å²) in [6, 6.07) is 10.8. The van der Waals surface area contributed by atoms with Gasteiger partial charge in [0.1, 0.15) is 11.6 Å². The van der Waals surface area contributed by atoms with Crippen LogP contribution in [0.3, 0.4) is 0 Å². The number of methoxy groups -OCH3 is 1. The minimum absolute atomic E-state index is 0.102. The first-order valence-corrected chi connectivity index (χ1v) is 12.2. The molecule has 1 amide bonds. The third-order valence-electron chi connectivity index (χ3n) is 5.49. The highest BCUT2D eigenvalue weighted by Gasteiger charge is 2.30. The van der Waals surface area contributed by atoms with Crippen LogP contribution in [0, 0.1) is 6.92 Å². The normalized spacial score (nSPS) is 13.7. The van der Waals surface area contributed by atoms with Crippen molar-refractivity contribution in [3.63, 3.8) is 0 Å². The number of halogens is 3. The number of amides is 1. The zero-order chi connectivity index (χ0) is 24.5. The number of rotatable bonds is 6. The van der Waals surface area contributed by atoms with Crippen LogP contribution >= 0.6 is 23.1 Å². The summed E-state index contributed by atoms with van der Waals surface area (Å²) in [6.07, 6.45) is -3.42. The maximum absolute atomic E-state index is 12.8. The van der Waals surface area contributed by atoms with Gasteiger partial charge in [-0.2, -0.15) is 13.2 Å². The van der Waals surface area contributed by atoms with Crippen LogP contribution in [0.15, 0.2) is 47.4 Å². The largest absolute Gasteiger partial charge is 0.468 e. The number of hydrogen-bond acceptors (Lipinski definition) is 6. The number of ether oxygens (including phenoxy) is 1. The van der Waals surface area contributed by atoms with Gasteiger partial charge in [-0.05, 0) is 49.2 Å². The number of carbonyl (C=O) groups excluding carboxylic acids is 2. The van der Waals surface area contributed by atoms with Crippen LogP contribution in [-0.2, 0) is 32.7 Å². The first kappa shape index (κ1) is 24.3. The fraction of sp³-hybridized carbons (Fsp3) is 0.292. The highest BCUT2D eigenvalue weighted by Crippen LogP contribution is 2.37. The summed E-state index contributed by atoms with van der Waals surface area (Å²) in [5.74, 6) is 0.0897. The Morgan fingerprint density at radius 3 is 2.59 bits per heavy atom. The Bertz CT molecular complexity index is 1220. The van der Waals surface area contributed by atoms with Crippen molar-refractivity contribution in [3.05, 3.63) is 64.2 Å². The van der Waals surface area contributed by atoms with E-state index in [0.29, 0.717) is 29.2 Å². The Labute approximate surface area is 203 Å². The lowest BCUT2D eigenvalue weighted by Crippen LogP contribution is -2.39. The van der Waals surface area contributed by atoms with E-state index in [1.165, 1.54) is 35.5 Å². The van der Waals surface area contributed by atoms with Crippen LogP contribution in [-0.4, -0.2) is 30.5 Å². The molecule has 0 saturated carbocycles. The van der Waals surface area contributed by atoms with E-state index < -0.39 is 17.7 Å². The highest BCUT2D eigenvalue weighted by atomic mass is 32.2. The predicted molar refractivity (Wildman–Crippen MR) is 126 cm³/mol. The first-order valence-electron chi connectivity index (χ1n) is 10.4. The van der Waals surface area contributed by atoms with Gasteiger partial charge in [-0.15, -0.1) is 23.1 Å². The van der Waals surface area contributed by atoms with Crippen LogP contribution in [0.25, 0.3) is 10.6 Å². The molecule has 3 aromatic rings. The third-order valence-corrected chi connectivity index (χ3v) is 7.90. The van der Waals surface area contributed by atoms with Gasteiger partial charge in [-0.25, -0.2) is 4.98 Å². The molecule has 0 bridgehead atoms. The lowest BCUT2D eigenvalue weighted by atomic mass is 10.0. The Hall–Kier alpha value is -2.85. The predicted octanol–water partition coefficient (Wildman–Crippen LogP) is 5.88. The van der Waals surface area contributed by atoms with Gasteiger partial charge in [0.25, 0.3) is 0 Å². The molecular weight excluding hydrogens is 485 g/mol. The number of benzene rings is 2. The maximum atomic E-state index is 12.8. The molecule has 0 saturated heterocycles. The van der Waals surface area contributed by atoms with Gasteiger partial charge in [-0.3, -0.25) is 9.59 Å². The summed E-state index contributed by atoms with van der Waals surface area (Å²) in [5, 5.41) is 0.684. The summed E-state index contributed by atoms with van der Waals surface area (Å²) in [5.41, 5.74) is 2.55. The number of thiazole rings is 1. The van der Waals surface area contributed by atoms with E-state index in [4.69, 9.17) is 4.74 Å². The fourth-order valence-corrected chi connectivity index (χ4v) is 5.80. The van der Waals surface area contributed by atoms with Crippen molar-refractivity contribution in [3.8, 4) is 10.6 Å². The van der Waals surface area contributed by atoms with E-state index in [2.05, 4.69) is 4.98 Å². The average Bonchev–Trinajstić information content (AvgIpc) is 3.19. The summed E-state index contributed by atoms with van der Waals surface area (Å²) in [6.45, 7) is 1.78. The third kappa shape index (κ3) is 5.28. The van der Waals surface area contributed by atoms with E-state index >= 15 is 0 Å². The molecule has 34 heavy (non-hydrogen) atoms. The molecule has 0 unspecified atom stereocenters. The van der Waals surface area contributed by atoms with Gasteiger partial charge in [0.2, 0.25) is 5.91 Å². The molecule has 0 aliphatic carbocycles. The lowest BCUT2D eigenvalue weighted by Gasteiger charge is -2.28. The summed E-state index contributed by atoms with van der Waals surface area (Å²) in [4.78, 5) is 32.0. The Balaban J connectivity index is 1.47. The number of alkyl halides is 3. The molecular formula is C24H21F3N2O3S2. The van der Waals surface area contributed by atoms with Gasteiger partial charge in [0.15, 0.2) is 0 Å². The molecule has 2 heterocycles. The van der Waals surface area contributed by atoms with Crippen LogP contribution in [0.2, 0.25) is 0 Å². The van der Waals surface area contributed by atoms with E-state index in [1.807, 2.05) is 25.1 Å². The number of nitrogens with zero attached hydrogens (tertiary/aromatic N) is 2. The number of aromatic nitrogens is 1. The molecule has 178 valence electrons. The molecule has 1 aliphatic heterocycles. The number of fused-ring (bicyclic) bond motifs is 1. The number of hydrogen-bond donors (Lipinski definition) is 0. The van der Waals surface area contributed by atoms with Gasteiger partial charge in [0.05, 0.1) is 18.4 Å². The summed E-state index contributed by atoms with van der Waals surface area (Å²) < 4.78 is 43.1. The lowest BCUT2D eigenvalue weighted by molar-refractivity contribution is -0.140. The molecule has 10 heteroatoms. The smallest absolute Gasteiger partial charge is 0.416 e. The Morgan fingerprint density at radius 2 is 1.91 bits per heavy atom. The van der Waals surface area contributed by atoms with Crippen molar-refractivity contribution in [2.45, 2.75) is 36.6 Å².